The monoisotopic (exact) mass is 428 g/mol. The van der Waals surface area contributed by atoms with Gasteiger partial charge in [0.2, 0.25) is 5.95 Å². The van der Waals surface area contributed by atoms with E-state index in [1.54, 1.807) is 47.9 Å². The molecule has 0 aliphatic carbocycles. The van der Waals surface area contributed by atoms with Crippen LogP contribution in [-0.4, -0.2) is 43.2 Å². The fraction of sp³-hybridized carbons (Fsp3) is 0.136. The van der Waals surface area contributed by atoms with Gasteiger partial charge in [0.15, 0.2) is 11.5 Å². The van der Waals surface area contributed by atoms with Gasteiger partial charge in [-0.2, -0.15) is 19.6 Å². The van der Waals surface area contributed by atoms with E-state index in [0.29, 0.717) is 28.8 Å². The molecule has 5 aromatic rings. The van der Waals surface area contributed by atoms with Gasteiger partial charge in [0.1, 0.15) is 5.69 Å². The van der Waals surface area contributed by atoms with Crippen molar-refractivity contribution in [1.29, 1.82) is 0 Å². The minimum Gasteiger partial charge on any atom is -0.372 e. The van der Waals surface area contributed by atoms with E-state index in [9.17, 15) is 10.1 Å². The SMILES string of the molecule is CN(C)c1ccc(Nc2nc(-c3cn(C)c4ccccc34)n3nccc3n2)cc1[N+](=O)[O-]. The number of nitrogens with zero attached hydrogens (tertiary/aromatic N) is 7. The van der Waals surface area contributed by atoms with Crippen molar-refractivity contribution < 1.29 is 4.92 Å². The third-order valence-electron chi connectivity index (χ3n) is 5.30. The number of aromatic nitrogens is 5. The van der Waals surface area contributed by atoms with Crippen LogP contribution in [0.2, 0.25) is 0 Å². The Labute approximate surface area is 182 Å². The molecule has 3 aromatic heterocycles. The maximum absolute atomic E-state index is 11.5. The van der Waals surface area contributed by atoms with Gasteiger partial charge in [-0.15, -0.1) is 0 Å². The number of para-hydroxylation sites is 1. The molecule has 0 saturated carbocycles. The number of nitro benzene ring substituents is 1. The summed E-state index contributed by atoms with van der Waals surface area (Å²) in [7, 11) is 5.52. The van der Waals surface area contributed by atoms with Gasteiger partial charge in [0, 0.05) is 61.6 Å². The van der Waals surface area contributed by atoms with Gasteiger partial charge in [0.05, 0.1) is 11.1 Å². The Bertz CT molecular complexity index is 1480. The van der Waals surface area contributed by atoms with Gasteiger partial charge in [-0.25, -0.2) is 0 Å². The molecule has 0 radical (unpaired) electrons. The third kappa shape index (κ3) is 3.18. The molecular formula is C22H20N8O2. The Morgan fingerprint density at radius 2 is 1.91 bits per heavy atom. The van der Waals surface area contributed by atoms with Gasteiger partial charge in [-0.05, 0) is 18.2 Å². The number of nitrogens with one attached hydrogen (secondary N) is 1. The maximum atomic E-state index is 11.5. The van der Waals surface area contributed by atoms with Gasteiger partial charge in [-0.3, -0.25) is 10.1 Å². The van der Waals surface area contributed by atoms with Gasteiger partial charge in [0.25, 0.3) is 5.69 Å². The number of nitro groups is 1. The lowest BCUT2D eigenvalue weighted by Gasteiger charge is -2.14. The molecule has 1 N–H and O–H groups in total. The number of rotatable bonds is 5. The van der Waals surface area contributed by atoms with Crippen molar-refractivity contribution >= 4 is 39.6 Å². The summed E-state index contributed by atoms with van der Waals surface area (Å²) in [5.41, 5.74) is 3.64. The Hall–Kier alpha value is -4.47. The summed E-state index contributed by atoms with van der Waals surface area (Å²) < 4.78 is 3.73. The van der Waals surface area contributed by atoms with E-state index in [1.807, 2.05) is 42.1 Å². The Kier molecular flexibility index (Phi) is 4.47. The Balaban J connectivity index is 1.63. The quantitative estimate of drug-likeness (QED) is 0.333. The van der Waals surface area contributed by atoms with Crippen molar-refractivity contribution in [3.63, 3.8) is 0 Å². The highest BCUT2D eigenvalue weighted by Crippen LogP contribution is 2.32. The summed E-state index contributed by atoms with van der Waals surface area (Å²) in [5.74, 6) is 0.951. The standard InChI is InChI=1S/C22H20N8O2/c1-27(2)18-9-8-14(12-19(18)30(31)32)24-22-25-20-10-11-23-29(20)21(26-22)16-13-28(3)17-7-5-4-6-15(16)17/h4-13H,1-3H3,(H,24,25). The first-order chi connectivity index (χ1) is 15.4. The van der Waals surface area contributed by atoms with E-state index in [-0.39, 0.29) is 5.69 Å². The topological polar surface area (TPSA) is 106 Å². The van der Waals surface area contributed by atoms with Gasteiger partial charge >= 0.3 is 0 Å². The van der Waals surface area contributed by atoms with Crippen molar-refractivity contribution in [2.75, 3.05) is 24.3 Å². The minimum absolute atomic E-state index is 0.000271. The van der Waals surface area contributed by atoms with E-state index in [4.69, 9.17) is 4.98 Å². The van der Waals surface area contributed by atoms with E-state index in [1.165, 1.54) is 6.07 Å². The summed E-state index contributed by atoms with van der Waals surface area (Å²) in [6, 6.07) is 14.8. The lowest BCUT2D eigenvalue weighted by Crippen LogP contribution is -2.11. The average Bonchev–Trinajstić information content (AvgIpc) is 3.38. The van der Waals surface area contributed by atoms with Crippen molar-refractivity contribution in [1.82, 2.24) is 24.1 Å². The first-order valence-electron chi connectivity index (χ1n) is 9.91. The Morgan fingerprint density at radius 3 is 2.69 bits per heavy atom. The number of hydrogen-bond acceptors (Lipinski definition) is 7. The maximum Gasteiger partial charge on any atom is 0.294 e. The molecule has 0 aliphatic heterocycles. The third-order valence-corrected chi connectivity index (χ3v) is 5.30. The number of aryl methyl sites for hydroxylation is 1. The molecular weight excluding hydrogens is 408 g/mol. The smallest absolute Gasteiger partial charge is 0.294 e. The van der Waals surface area contributed by atoms with E-state index in [2.05, 4.69) is 15.4 Å². The molecule has 160 valence electrons. The number of anilines is 3. The van der Waals surface area contributed by atoms with Gasteiger partial charge < -0.3 is 14.8 Å². The molecule has 0 unspecified atom stereocenters. The largest absolute Gasteiger partial charge is 0.372 e. The van der Waals surface area contributed by atoms with Gasteiger partial charge in [-0.1, -0.05) is 18.2 Å². The highest BCUT2D eigenvalue weighted by atomic mass is 16.6. The molecule has 0 atom stereocenters. The summed E-state index contributed by atoms with van der Waals surface area (Å²) in [6.07, 6.45) is 3.67. The van der Waals surface area contributed by atoms with E-state index < -0.39 is 4.92 Å². The molecule has 5 rings (SSSR count). The molecule has 0 saturated heterocycles. The number of benzene rings is 2. The molecule has 32 heavy (non-hydrogen) atoms. The predicted octanol–water partition coefficient (Wildman–Crippen LogP) is 4.00. The summed E-state index contributed by atoms with van der Waals surface area (Å²) >= 11 is 0. The van der Waals surface area contributed by atoms with Crippen molar-refractivity contribution in [2.45, 2.75) is 0 Å². The van der Waals surface area contributed by atoms with Crippen LogP contribution in [0, 0.1) is 10.1 Å². The fourth-order valence-electron chi connectivity index (χ4n) is 3.83. The second kappa shape index (κ2) is 7.34. The van der Waals surface area contributed by atoms with Crippen LogP contribution in [0.5, 0.6) is 0 Å². The predicted molar refractivity (Wildman–Crippen MR) is 123 cm³/mol. The van der Waals surface area contributed by atoms with Crippen molar-refractivity contribution in [3.8, 4) is 11.4 Å². The molecule has 0 bridgehead atoms. The Morgan fingerprint density at radius 1 is 1.09 bits per heavy atom. The van der Waals surface area contributed by atoms with Crippen LogP contribution >= 0.6 is 0 Å². The summed E-state index contributed by atoms with van der Waals surface area (Å²) in [6.45, 7) is 0. The molecule has 0 amide bonds. The summed E-state index contributed by atoms with van der Waals surface area (Å²) in [5, 5.41) is 20.1. The van der Waals surface area contributed by atoms with Crippen LogP contribution < -0.4 is 10.2 Å². The summed E-state index contributed by atoms with van der Waals surface area (Å²) in [4.78, 5) is 22.1. The van der Waals surface area contributed by atoms with Crippen molar-refractivity contribution in [2.24, 2.45) is 7.05 Å². The first kappa shape index (κ1) is 19.5. The fourth-order valence-corrected chi connectivity index (χ4v) is 3.83. The number of hydrogen-bond donors (Lipinski definition) is 1. The zero-order valence-corrected chi connectivity index (χ0v) is 17.7. The van der Waals surface area contributed by atoms with Crippen LogP contribution in [0.15, 0.2) is 60.9 Å². The second-order valence-corrected chi connectivity index (χ2v) is 7.62. The molecule has 0 spiro atoms. The van der Waals surface area contributed by atoms with Crippen LogP contribution in [0.4, 0.5) is 23.0 Å². The molecule has 0 fully saturated rings. The molecule has 3 heterocycles. The second-order valence-electron chi connectivity index (χ2n) is 7.62. The van der Waals surface area contributed by atoms with Crippen LogP contribution in [0.3, 0.4) is 0 Å². The normalized spacial score (nSPS) is 11.2. The molecule has 2 aromatic carbocycles. The lowest BCUT2D eigenvalue weighted by atomic mass is 10.1. The lowest BCUT2D eigenvalue weighted by molar-refractivity contribution is -0.384. The van der Waals surface area contributed by atoms with Crippen LogP contribution in [0.25, 0.3) is 27.9 Å². The van der Waals surface area contributed by atoms with Crippen molar-refractivity contribution in [3.05, 3.63) is 71.0 Å². The van der Waals surface area contributed by atoms with Crippen LogP contribution in [-0.2, 0) is 7.05 Å². The molecule has 0 aliphatic rings. The number of fused-ring (bicyclic) bond motifs is 2. The van der Waals surface area contributed by atoms with Crippen LogP contribution in [0.1, 0.15) is 0 Å². The highest BCUT2D eigenvalue weighted by Gasteiger charge is 2.18. The average molecular weight is 428 g/mol. The highest BCUT2D eigenvalue weighted by molar-refractivity contribution is 5.94. The minimum atomic E-state index is -0.400. The zero-order chi connectivity index (χ0) is 22.4. The van der Waals surface area contributed by atoms with E-state index in [0.717, 1.165) is 16.5 Å². The zero-order valence-electron chi connectivity index (χ0n) is 17.7. The van der Waals surface area contributed by atoms with E-state index >= 15 is 0 Å². The molecule has 10 nitrogen and oxygen atoms in total. The first-order valence-corrected chi connectivity index (χ1v) is 9.91. The molecule has 10 heteroatoms.